The van der Waals surface area contributed by atoms with Crippen LogP contribution in [-0.2, 0) is 5.75 Å². The highest BCUT2D eigenvalue weighted by molar-refractivity contribution is 8.00. The molecule has 0 spiro atoms. The van der Waals surface area contributed by atoms with Gasteiger partial charge in [-0.2, -0.15) is 0 Å². The van der Waals surface area contributed by atoms with E-state index in [-0.39, 0.29) is 18.1 Å². The Morgan fingerprint density at radius 1 is 1.00 bits per heavy atom. The Morgan fingerprint density at radius 3 is 2.64 bits per heavy atom. The molecule has 0 fully saturated rings. The zero-order valence-electron chi connectivity index (χ0n) is 14.8. The first-order valence-corrected chi connectivity index (χ1v) is 10.4. The van der Waals surface area contributed by atoms with Gasteiger partial charge in [0.15, 0.2) is 10.1 Å². The van der Waals surface area contributed by atoms with Crippen molar-refractivity contribution in [3.05, 3.63) is 83.7 Å². The number of thioether (sulfide) groups is 1. The molecule has 1 N–H and O–H groups in total. The van der Waals surface area contributed by atoms with Crippen LogP contribution in [0.5, 0.6) is 0 Å². The molecule has 0 saturated carbocycles. The minimum absolute atomic E-state index is 0.0915. The number of hydrogen-bond donors (Lipinski definition) is 1. The summed E-state index contributed by atoms with van der Waals surface area (Å²) in [6.45, 7) is 0.0915. The molecule has 0 aliphatic rings. The van der Waals surface area contributed by atoms with E-state index in [0.717, 1.165) is 10.1 Å². The molecule has 0 saturated heterocycles. The number of Topliss-reactive ketones (excluding diaryl/α,β-unsaturated/α-hetero) is 1. The van der Waals surface area contributed by atoms with Gasteiger partial charge in [-0.3, -0.25) is 4.79 Å². The molecule has 140 valence electrons. The first-order chi connectivity index (χ1) is 13.7. The summed E-state index contributed by atoms with van der Waals surface area (Å²) in [4.78, 5) is 12.1. The molecule has 1 aromatic heterocycles. The Labute approximate surface area is 169 Å². The van der Waals surface area contributed by atoms with E-state index in [4.69, 9.17) is 0 Å². The van der Waals surface area contributed by atoms with E-state index in [2.05, 4.69) is 45.8 Å². The largest absolute Gasteiger partial charge is 0.353 e. The number of aromatic nitrogens is 2. The Hall–Kier alpha value is -2.77. The summed E-state index contributed by atoms with van der Waals surface area (Å²) in [5, 5.41) is 14.3. The van der Waals surface area contributed by atoms with Gasteiger partial charge in [0.1, 0.15) is 5.82 Å². The molecule has 28 heavy (non-hydrogen) atoms. The van der Waals surface area contributed by atoms with Gasteiger partial charge in [0.2, 0.25) is 5.13 Å². The summed E-state index contributed by atoms with van der Waals surface area (Å²) in [7, 11) is 0. The second-order valence-corrected chi connectivity index (χ2v) is 8.28. The normalized spacial score (nSPS) is 10.9. The molecule has 0 atom stereocenters. The lowest BCUT2D eigenvalue weighted by Crippen LogP contribution is -2.13. The van der Waals surface area contributed by atoms with E-state index in [9.17, 15) is 9.18 Å². The van der Waals surface area contributed by atoms with Crippen LogP contribution in [0.2, 0.25) is 0 Å². The fourth-order valence-electron chi connectivity index (χ4n) is 2.79. The van der Waals surface area contributed by atoms with Crippen molar-refractivity contribution in [3.63, 3.8) is 0 Å². The van der Waals surface area contributed by atoms with Crippen LogP contribution in [0.4, 0.5) is 9.52 Å². The third kappa shape index (κ3) is 4.37. The average molecular weight is 410 g/mol. The second kappa shape index (κ2) is 8.50. The lowest BCUT2D eigenvalue weighted by Gasteiger charge is -2.04. The van der Waals surface area contributed by atoms with Gasteiger partial charge in [-0.25, -0.2) is 4.39 Å². The molecule has 0 aliphatic carbocycles. The van der Waals surface area contributed by atoms with Crippen molar-refractivity contribution in [2.24, 2.45) is 0 Å². The zero-order chi connectivity index (χ0) is 19.3. The molecular formula is C21H16FN3OS2. The van der Waals surface area contributed by atoms with Crippen LogP contribution in [0.1, 0.15) is 15.9 Å². The quantitative estimate of drug-likeness (QED) is 0.326. The summed E-state index contributed by atoms with van der Waals surface area (Å²) < 4.78 is 13.8. The summed E-state index contributed by atoms with van der Waals surface area (Å²) >= 11 is 3.03. The molecule has 0 radical (unpaired) electrons. The van der Waals surface area contributed by atoms with E-state index >= 15 is 0 Å². The monoisotopic (exact) mass is 409 g/mol. The maximum Gasteiger partial charge on any atom is 0.206 e. The van der Waals surface area contributed by atoms with Gasteiger partial charge < -0.3 is 5.32 Å². The minimum Gasteiger partial charge on any atom is -0.353 e. The first-order valence-electron chi connectivity index (χ1n) is 8.64. The van der Waals surface area contributed by atoms with E-state index in [1.807, 2.05) is 12.1 Å². The Bertz CT molecular complexity index is 1110. The number of nitrogens with zero attached hydrogens (tertiary/aromatic N) is 2. The molecule has 4 nitrogen and oxygen atoms in total. The number of fused-ring (bicyclic) bond motifs is 1. The Kier molecular flexibility index (Phi) is 5.64. The van der Waals surface area contributed by atoms with Crippen LogP contribution < -0.4 is 5.32 Å². The fraction of sp³-hybridized carbons (Fsp3) is 0.0952. The van der Waals surface area contributed by atoms with Crippen LogP contribution in [0.3, 0.4) is 0 Å². The zero-order valence-corrected chi connectivity index (χ0v) is 16.4. The molecule has 4 rings (SSSR count). The lowest BCUT2D eigenvalue weighted by atomic mass is 10.1. The molecule has 0 bridgehead atoms. The van der Waals surface area contributed by atoms with Crippen LogP contribution in [0.25, 0.3) is 10.8 Å². The molecule has 0 aliphatic heterocycles. The van der Waals surface area contributed by atoms with Crippen molar-refractivity contribution in [2.45, 2.75) is 10.1 Å². The number of carbonyl (C=O) groups excluding carboxylic acids is 1. The minimum atomic E-state index is -0.360. The molecule has 4 aromatic rings. The summed E-state index contributed by atoms with van der Waals surface area (Å²) in [5.41, 5.74) is 1.71. The summed E-state index contributed by atoms with van der Waals surface area (Å²) in [6.07, 6.45) is 0. The van der Waals surface area contributed by atoms with Crippen molar-refractivity contribution >= 4 is 44.8 Å². The Morgan fingerprint density at radius 2 is 1.79 bits per heavy atom. The van der Waals surface area contributed by atoms with E-state index in [1.165, 1.54) is 51.9 Å². The van der Waals surface area contributed by atoms with E-state index in [0.29, 0.717) is 10.7 Å². The van der Waals surface area contributed by atoms with Gasteiger partial charge in [0.25, 0.3) is 0 Å². The second-order valence-electron chi connectivity index (χ2n) is 6.08. The molecule has 1 heterocycles. The highest BCUT2D eigenvalue weighted by Gasteiger charge is 2.10. The third-order valence-corrected chi connectivity index (χ3v) is 6.27. The van der Waals surface area contributed by atoms with Crippen molar-refractivity contribution in [2.75, 3.05) is 11.9 Å². The summed E-state index contributed by atoms with van der Waals surface area (Å²) in [6, 6.07) is 20.1. The predicted octanol–water partition coefficient (Wildman–Crippen LogP) is 5.42. The van der Waals surface area contributed by atoms with Crippen molar-refractivity contribution in [1.82, 2.24) is 10.2 Å². The van der Waals surface area contributed by atoms with E-state index in [1.54, 1.807) is 11.8 Å². The van der Waals surface area contributed by atoms with Gasteiger partial charge in [-0.05, 0) is 40.6 Å². The van der Waals surface area contributed by atoms with Crippen LogP contribution >= 0.6 is 23.1 Å². The summed E-state index contributed by atoms with van der Waals surface area (Å²) in [5.74, 6) is 0.312. The molecular weight excluding hydrogens is 393 g/mol. The maximum absolute atomic E-state index is 12.9. The van der Waals surface area contributed by atoms with Crippen molar-refractivity contribution < 1.29 is 9.18 Å². The SMILES string of the molecule is O=C(CNc1nnc(SCc2cccc3ccccc23)s1)c1ccc(F)cc1. The molecule has 7 heteroatoms. The van der Waals surface area contributed by atoms with Crippen LogP contribution in [-0.4, -0.2) is 22.5 Å². The van der Waals surface area contributed by atoms with Crippen LogP contribution in [0.15, 0.2) is 71.1 Å². The highest BCUT2D eigenvalue weighted by Crippen LogP contribution is 2.30. The predicted molar refractivity (Wildman–Crippen MR) is 113 cm³/mol. The number of anilines is 1. The number of rotatable bonds is 7. The number of carbonyl (C=O) groups is 1. The van der Waals surface area contributed by atoms with E-state index < -0.39 is 0 Å². The molecule has 0 unspecified atom stereocenters. The highest BCUT2D eigenvalue weighted by atomic mass is 32.2. The Balaban J connectivity index is 1.35. The van der Waals surface area contributed by atoms with Gasteiger partial charge in [-0.1, -0.05) is 65.6 Å². The average Bonchev–Trinajstić information content (AvgIpc) is 3.19. The van der Waals surface area contributed by atoms with Gasteiger partial charge >= 0.3 is 0 Å². The molecule has 0 amide bonds. The van der Waals surface area contributed by atoms with Crippen molar-refractivity contribution in [3.8, 4) is 0 Å². The third-order valence-electron chi connectivity index (χ3n) is 4.20. The maximum atomic E-state index is 12.9. The topological polar surface area (TPSA) is 54.9 Å². The van der Waals surface area contributed by atoms with Crippen LogP contribution in [0, 0.1) is 5.82 Å². The lowest BCUT2D eigenvalue weighted by molar-refractivity contribution is 0.101. The fourth-order valence-corrected chi connectivity index (χ4v) is 4.54. The number of halogens is 1. The van der Waals surface area contributed by atoms with Crippen molar-refractivity contribution in [1.29, 1.82) is 0 Å². The first kappa shape index (κ1) is 18.6. The number of nitrogens with one attached hydrogen (secondary N) is 1. The number of benzene rings is 3. The van der Waals surface area contributed by atoms with Gasteiger partial charge in [0.05, 0.1) is 6.54 Å². The van der Waals surface area contributed by atoms with Gasteiger partial charge in [-0.15, -0.1) is 10.2 Å². The van der Waals surface area contributed by atoms with Gasteiger partial charge in [0, 0.05) is 11.3 Å². The number of hydrogen-bond acceptors (Lipinski definition) is 6. The smallest absolute Gasteiger partial charge is 0.206 e. The standard InChI is InChI=1S/C21H16FN3OS2/c22-17-10-8-15(9-11-17)19(26)12-23-20-24-25-21(28-20)27-13-16-6-3-5-14-4-1-2-7-18(14)16/h1-11H,12-13H2,(H,23,24). The number of ketones is 1. The molecule has 3 aromatic carbocycles.